The van der Waals surface area contributed by atoms with Crippen LogP contribution in [0.1, 0.15) is 16.7 Å². The lowest BCUT2D eigenvalue weighted by atomic mass is 10.1. The molecule has 0 spiro atoms. The first-order chi connectivity index (χ1) is 15.4. The number of hydrogen-bond acceptors (Lipinski definition) is 4. The van der Waals surface area contributed by atoms with Crippen molar-refractivity contribution < 1.29 is 24.2 Å². The van der Waals surface area contributed by atoms with Crippen molar-refractivity contribution in [2.75, 3.05) is 0 Å². The van der Waals surface area contributed by atoms with E-state index >= 15 is 0 Å². The monoisotopic (exact) mass is 657 g/mol. The molecule has 0 saturated carbocycles. The van der Waals surface area contributed by atoms with Crippen molar-refractivity contribution in [3.05, 3.63) is 96.6 Å². The van der Waals surface area contributed by atoms with Crippen LogP contribution in [0, 0.1) is 7.14 Å². The number of benzene rings is 3. The minimum absolute atomic E-state index is 0.0717. The van der Waals surface area contributed by atoms with E-state index in [1.165, 1.54) is 0 Å². The molecule has 0 bridgehead atoms. The van der Waals surface area contributed by atoms with Crippen LogP contribution in [0.5, 0.6) is 5.75 Å². The first-order valence-electron chi connectivity index (χ1n) is 9.77. The van der Waals surface area contributed by atoms with Crippen LogP contribution >= 0.6 is 45.2 Å². The summed E-state index contributed by atoms with van der Waals surface area (Å²) >= 11 is 4.35. The van der Waals surface area contributed by atoms with Gasteiger partial charge < -0.3 is 19.9 Å². The summed E-state index contributed by atoms with van der Waals surface area (Å²) in [6.07, 6.45) is -0.644. The Morgan fingerprint density at radius 1 is 0.844 bits per heavy atom. The van der Waals surface area contributed by atoms with E-state index in [0.29, 0.717) is 6.61 Å². The first kappa shape index (κ1) is 24.3. The fourth-order valence-corrected chi connectivity index (χ4v) is 5.15. The Kier molecular flexibility index (Phi) is 9.15. The van der Waals surface area contributed by atoms with Gasteiger partial charge in [0.25, 0.3) is 0 Å². The molecule has 3 aromatic rings. The van der Waals surface area contributed by atoms with Crippen LogP contribution in [0.3, 0.4) is 0 Å². The highest BCUT2D eigenvalue weighted by atomic mass is 127. The van der Waals surface area contributed by atoms with Crippen LogP contribution < -0.4 is 10.1 Å². The minimum Gasteiger partial charge on any atom is -0.487 e. The molecule has 0 saturated heterocycles. The quantitative estimate of drug-likeness (QED) is 0.302. The number of halogens is 2. The van der Waals surface area contributed by atoms with E-state index in [2.05, 4.69) is 50.5 Å². The van der Waals surface area contributed by atoms with Gasteiger partial charge in [-0.05, 0) is 74.0 Å². The van der Waals surface area contributed by atoms with E-state index in [0.717, 1.165) is 29.6 Å². The van der Waals surface area contributed by atoms with Crippen molar-refractivity contribution in [3.63, 3.8) is 0 Å². The van der Waals surface area contributed by atoms with Gasteiger partial charge in [0.2, 0.25) is 0 Å². The van der Waals surface area contributed by atoms with E-state index < -0.39 is 18.1 Å². The molecular weight excluding hydrogens is 636 g/mol. The lowest BCUT2D eigenvalue weighted by Crippen LogP contribution is -2.42. The Morgan fingerprint density at radius 2 is 1.38 bits per heavy atom. The Morgan fingerprint density at radius 3 is 1.91 bits per heavy atom. The van der Waals surface area contributed by atoms with Crippen LogP contribution in [0.2, 0.25) is 0 Å². The zero-order chi connectivity index (χ0) is 22.9. The highest BCUT2D eigenvalue weighted by Crippen LogP contribution is 2.30. The number of alkyl carbamates (subject to hydrolysis) is 1. The summed E-state index contributed by atoms with van der Waals surface area (Å²) in [5, 5.41) is 12.0. The summed E-state index contributed by atoms with van der Waals surface area (Å²) in [5.41, 5.74) is 2.67. The van der Waals surface area contributed by atoms with Gasteiger partial charge in [0.1, 0.15) is 25.0 Å². The van der Waals surface area contributed by atoms with Crippen LogP contribution in [0.15, 0.2) is 72.8 Å². The molecule has 2 N–H and O–H groups in total. The molecule has 0 aliphatic heterocycles. The lowest BCUT2D eigenvalue weighted by molar-refractivity contribution is -0.139. The number of carboxylic acids is 1. The minimum atomic E-state index is -1.13. The molecule has 1 atom stereocenters. The maximum absolute atomic E-state index is 12.1. The number of aliphatic carboxylic acids is 1. The third kappa shape index (κ3) is 7.37. The Hall–Kier alpha value is -2.34. The van der Waals surface area contributed by atoms with Gasteiger partial charge in [-0.2, -0.15) is 0 Å². The molecule has 0 radical (unpaired) electrons. The van der Waals surface area contributed by atoms with Crippen molar-refractivity contribution in [1.29, 1.82) is 0 Å². The summed E-state index contributed by atoms with van der Waals surface area (Å²) in [7, 11) is 0. The van der Waals surface area contributed by atoms with Crippen molar-refractivity contribution in [2.45, 2.75) is 25.7 Å². The molecule has 0 heterocycles. The highest BCUT2D eigenvalue weighted by molar-refractivity contribution is 14.1. The number of carbonyl (C=O) groups excluding carboxylic acids is 1. The number of ether oxygens (including phenoxy) is 2. The van der Waals surface area contributed by atoms with E-state index in [-0.39, 0.29) is 13.0 Å². The van der Waals surface area contributed by atoms with Crippen molar-refractivity contribution in [2.24, 2.45) is 0 Å². The third-order valence-electron chi connectivity index (χ3n) is 4.53. The first-order valence-corrected chi connectivity index (χ1v) is 11.9. The third-order valence-corrected chi connectivity index (χ3v) is 6.13. The van der Waals surface area contributed by atoms with Crippen LogP contribution in [-0.2, 0) is 29.2 Å². The molecule has 32 heavy (non-hydrogen) atoms. The van der Waals surface area contributed by atoms with Gasteiger partial charge in [-0.15, -0.1) is 0 Å². The average molecular weight is 657 g/mol. The molecule has 0 aliphatic carbocycles. The summed E-state index contributed by atoms with van der Waals surface area (Å²) in [6.45, 7) is 0.515. The lowest BCUT2D eigenvalue weighted by Gasteiger charge is -2.17. The second-order valence-corrected chi connectivity index (χ2v) is 9.29. The van der Waals surface area contributed by atoms with Gasteiger partial charge in [-0.3, -0.25) is 0 Å². The van der Waals surface area contributed by atoms with E-state index in [1.807, 2.05) is 72.8 Å². The SMILES string of the molecule is O=C(N[C@@H](Cc1cc(I)c(OCc2ccccc2)c(I)c1)C(=O)O)OCc1ccccc1. The molecule has 6 nitrogen and oxygen atoms in total. The number of amides is 1. The van der Waals surface area contributed by atoms with Crippen molar-refractivity contribution in [3.8, 4) is 5.75 Å². The number of carbonyl (C=O) groups is 2. The second-order valence-electron chi connectivity index (χ2n) is 6.96. The van der Waals surface area contributed by atoms with Crippen molar-refractivity contribution >= 4 is 57.2 Å². The zero-order valence-electron chi connectivity index (χ0n) is 17.0. The largest absolute Gasteiger partial charge is 0.487 e. The predicted molar refractivity (Wildman–Crippen MR) is 138 cm³/mol. The van der Waals surface area contributed by atoms with Crippen LogP contribution in [0.4, 0.5) is 4.79 Å². The van der Waals surface area contributed by atoms with Gasteiger partial charge in [0.05, 0.1) is 7.14 Å². The summed E-state index contributed by atoms with van der Waals surface area (Å²) in [5.74, 6) is -0.378. The van der Waals surface area contributed by atoms with Crippen molar-refractivity contribution in [1.82, 2.24) is 5.32 Å². The topological polar surface area (TPSA) is 84.9 Å². The maximum atomic E-state index is 12.1. The summed E-state index contributed by atoms with van der Waals surface area (Å²) < 4.78 is 12.9. The number of carboxylic acid groups (broad SMARTS) is 1. The van der Waals surface area contributed by atoms with Gasteiger partial charge in [0, 0.05) is 6.42 Å². The van der Waals surface area contributed by atoms with E-state index in [4.69, 9.17) is 9.47 Å². The maximum Gasteiger partial charge on any atom is 0.408 e. The number of hydrogen-bond donors (Lipinski definition) is 2. The zero-order valence-corrected chi connectivity index (χ0v) is 21.3. The number of rotatable bonds is 9. The summed E-state index contributed by atoms with van der Waals surface area (Å²) in [6, 6.07) is 21.7. The molecular formula is C24H21I2NO5. The Bertz CT molecular complexity index is 1040. The fourth-order valence-electron chi connectivity index (χ4n) is 2.94. The molecule has 166 valence electrons. The molecule has 0 aromatic heterocycles. The highest BCUT2D eigenvalue weighted by Gasteiger charge is 2.22. The smallest absolute Gasteiger partial charge is 0.408 e. The molecule has 3 aromatic carbocycles. The average Bonchev–Trinajstić information content (AvgIpc) is 2.78. The molecule has 1 amide bonds. The normalized spacial score (nSPS) is 11.4. The molecule has 0 unspecified atom stereocenters. The molecule has 8 heteroatoms. The van der Waals surface area contributed by atoms with E-state index in [9.17, 15) is 14.7 Å². The van der Waals surface area contributed by atoms with Crippen LogP contribution in [-0.4, -0.2) is 23.2 Å². The molecule has 0 fully saturated rings. The molecule has 3 rings (SSSR count). The Balaban J connectivity index is 1.61. The molecule has 0 aliphatic rings. The van der Waals surface area contributed by atoms with Gasteiger partial charge in [-0.1, -0.05) is 60.7 Å². The number of nitrogens with one attached hydrogen (secondary N) is 1. The standard InChI is InChI=1S/C24H21I2NO5/c25-19-11-18(12-20(26)22(19)31-14-16-7-3-1-4-8-16)13-21(23(28)29)27-24(30)32-15-17-9-5-2-6-10-17/h1-12,21H,13-15H2,(H,27,30)(H,28,29)/t21-/m0/s1. The predicted octanol–water partition coefficient (Wildman–Crippen LogP) is 5.40. The second kappa shape index (κ2) is 12.0. The van der Waals surface area contributed by atoms with Gasteiger partial charge >= 0.3 is 12.1 Å². The summed E-state index contributed by atoms with van der Waals surface area (Å²) in [4.78, 5) is 23.8. The van der Waals surface area contributed by atoms with Crippen LogP contribution in [0.25, 0.3) is 0 Å². The fraction of sp³-hybridized carbons (Fsp3) is 0.167. The Labute approximate surface area is 213 Å². The van der Waals surface area contributed by atoms with E-state index in [1.54, 1.807) is 0 Å². The van der Waals surface area contributed by atoms with Gasteiger partial charge in [-0.25, -0.2) is 9.59 Å². The van der Waals surface area contributed by atoms with Gasteiger partial charge in [0.15, 0.2) is 0 Å².